The summed E-state index contributed by atoms with van der Waals surface area (Å²) in [4.78, 5) is 1.38. The summed E-state index contributed by atoms with van der Waals surface area (Å²) < 4.78 is 52.1. The van der Waals surface area contributed by atoms with Crippen LogP contribution in [0.1, 0.15) is 12.5 Å². The molecular formula is C13H14F2N2O2S2. The molecule has 114 valence electrons. The van der Waals surface area contributed by atoms with E-state index >= 15 is 0 Å². The second-order valence-corrected chi connectivity index (χ2v) is 8.14. The fraction of sp³-hybridized carbons (Fsp3) is 0.462. The quantitative estimate of drug-likeness (QED) is 0.849. The first-order chi connectivity index (χ1) is 9.92. The van der Waals surface area contributed by atoms with Gasteiger partial charge in [-0.1, -0.05) is 6.92 Å². The average Bonchev–Trinajstić information content (AvgIpc) is 2.50. The lowest BCUT2D eigenvalue weighted by atomic mass is 10.2. The van der Waals surface area contributed by atoms with Gasteiger partial charge < -0.3 is 4.90 Å². The summed E-state index contributed by atoms with van der Waals surface area (Å²) in [6, 6.07) is 4.00. The van der Waals surface area contributed by atoms with Crippen molar-refractivity contribution in [2.24, 2.45) is 0 Å². The molecule has 1 heterocycles. The lowest BCUT2D eigenvalue weighted by molar-refractivity contribution is 0.502. The number of anilines is 1. The van der Waals surface area contributed by atoms with E-state index in [2.05, 4.69) is 0 Å². The van der Waals surface area contributed by atoms with Crippen LogP contribution < -0.4 is 4.90 Å². The molecule has 0 saturated carbocycles. The first kappa shape index (κ1) is 16.0. The number of rotatable bonds is 3. The predicted octanol–water partition coefficient (Wildman–Crippen LogP) is 2.15. The van der Waals surface area contributed by atoms with Gasteiger partial charge in [-0.3, -0.25) is 0 Å². The highest BCUT2D eigenvalue weighted by atomic mass is 32.2. The van der Waals surface area contributed by atoms with E-state index in [9.17, 15) is 17.2 Å². The zero-order valence-electron chi connectivity index (χ0n) is 11.3. The molecule has 1 atom stereocenters. The first-order valence-corrected chi connectivity index (χ1v) is 9.23. The Labute approximate surface area is 126 Å². The number of halogens is 2. The van der Waals surface area contributed by atoms with E-state index in [0.717, 1.165) is 0 Å². The molecule has 1 fully saturated rings. The number of benzene rings is 1. The molecule has 1 aliphatic heterocycles. The minimum Gasteiger partial charge on any atom is -0.351 e. The molecule has 1 aliphatic rings. The van der Waals surface area contributed by atoms with Gasteiger partial charge >= 0.3 is 0 Å². The van der Waals surface area contributed by atoms with Crippen molar-refractivity contribution in [2.45, 2.75) is 12.3 Å². The van der Waals surface area contributed by atoms with Crippen LogP contribution in [0.2, 0.25) is 0 Å². The highest BCUT2D eigenvalue weighted by molar-refractivity contribution is 8.01. The van der Waals surface area contributed by atoms with Crippen LogP contribution >= 0.6 is 11.8 Å². The van der Waals surface area contributed by atoms with Crippen molar-refractivity contribution < 1.29 is 17.2 Å². The Morgan fingerprint density at radius 2 is 2.14 bits per heavy atom. The molecule has 21 heavy (non-hydrogen) atoms. The Bertz CT molecular complexity index is 686. The van der Waals surface area contributed by atoms with Gasteiger partial charge in [-0.2, -0.15) is 17.0 Å². The van der Waals surface area contributed by atoms with E-state index in [1.54, 1.807) is 6.07 Å². The molecular weight excluding hydrogens is 318 g/mol. The van der Waals surface area contributed by atoms with Crippen LogP contribution in [0.4, 0.5) is 14.5 Å². The van der Waals surface area contributed by atoms with Crippen molar-refractivity contribution in [1.82, 2.24) is 0 Å². The van der Waals surface area contributed by atoms with E-state index in [0.29, 0.717) is 18.1 Å². The smallest absolute Gasteiger partial charge is 0.183 e. The molecule has 0 N–H and O–H groups in total. The molecule has 0 aromatic heterocycles. The second kappa shape index (κ2) is 6.20. The number of hydrogen-bond donors (Lipinski definition) is 0. The number of nitrogens with zero attached hydrogens (tertiary/aromatic N) is 2. The number of nitriles is 1. The SMILES string of the molecule is CCS(=O)(=O)C1CSCCN1c1ccc(C#N)c(F)c1F. The highest BCUT2D eigenvalue weighted by Gasteiger charge is 2.35. The van der Waals surface area contributed by atoms with Crippen molar-refractivity contribution in [3.63, 3.8) is 0 Å². The van der Waals surface area contributed by atoms with E-state index in [1.807, 2.05) is 0 Å². The van der Waals surface area contributed by atoms with Gasteiger partial charge in [0.1, 0.15) is 11.4 Å². The monoisotopic (exact) mass is 332 g/mol. The molecule has 4 nitrogen and oxygen atoms in total. The topological polar surface area (TPSA) is 61.2 Å². The normalized spacial score (nSPS) is 19.3. The van der Waals surface area contributed by atoms with Crippen molar-refractivity contribution in [3.05, 3.63) is 29.3 Å². The van der Waals surface area contributed by atoms with Crippen molar-refractivity contribution in [3.8, 4) is 6.07 Å². The predicted molar refractivity (Wildman–Crippen MR) is 79.0 cm³/mol. The van der Waals surface area contributed by atoms with Gasteiger partial charge in [-0.15, -0.1) is 0 Å². The molecule has 1 aromatic rings. The van der Waals surface area contributed by atoms with Gasteiger partial charge in [0.05, 0.1) is 11.3 Å². The number of sulfone groups is 1. The van der Waals surface area contributed by atoms with E-state index < -0.39 is 32.4 Å². The molecule has 0 spiro atoms. The Morgan fingerprint density at radius 1 is 1.43 bits per heavy atom. The summed E-state index contributed by atoms with van der Waals surface area (Å²) >= 11 is 1.47. The fourth-order valence-corrected chi connectivity index (χ4v) is 5.18. The summed E-state index contributed by atoms with van der Waals surface area (Å²) in [5.74, 6) is -1.51. The number of hydrogen-bond acceptors (Lipinski definition) is 5. The lowest BCUT2D eigenvalue weighted by Crippen LogP contribution is -2.48. The molecule has 2 rings (SSSR count). The maximum Gasteiger partial charge on any atom is 0.183 e. The maximum atomic E-state index is 14.1. The van der Waals surface area contributed by atoms with Crippen LogP contribution in [0.25, 0.3) is 0 Å². The molecule has 0 amide bonds. The van der Waals surface area contributed by atoms with Crippen LogP contribution in [-0.4, -0.2) is 37.6 Å². The molecule has 0 aliphatic carbocycles. The molecule has 1 saturated heterocycles. The third kappa shape index (κ3) is 2.99. The lowest BCUT2D eigenvalue weighted by Gasteiger charge is -2.36. The second-order valence-electron chi connectivity index (χ2n) is 4.55. The van der Waals surface area contributed by atoms with Crippen LogP contribution in [0, 0.1) is 23.0 Å². The zero-order valence-corrected chi connectivity index (χ0v) is 13.0. The summed E-state index contributed by atoms with van der Waals surface area (Å²) in [6.07, 6.45) is 0. The summed E-state index contributed by atoms with van der Waals surface area (Å²) in [5, 5.41) is 7.82. The molecule has 1 aromatic carbocycles. The molecule has 8 heteroatoms. The van der Waals surface area contributed by atoms with Gasteiger partial charge in [0.2, 0.25) is 0 Å². The first-order valence-electron chi connectivity index (χ1n) is 6.36. The summed E-state index contributed by atoms with van der Waals surface area (Å²) in [7, 11) is -3.41. The minimum atomic E-state index is -3.41. The van der Waals surface area contributed by atoms with Gasteiger partial charge in [0.25, 0.3) is 0 Å². The third-order valence-electron chi connectivity index (χ3n) is 3.39. The Morgan fingerprint density at radius 3 is 2.76 bits per heavy atom. The summed E-state index contributed by atoms with van der Waals surface area (Å²) in [6.45, 7) is 1.85. The fourth-order valence-electron chi connectivity index (χ4n) is 2.19. The molecule has 0 radical (unpaired) electrons. The standard InChI is InChI=1S/C13H14F2N2O2S2/c1-2-21(18,19)11-8-20-6-5-17(11)10-4-3-9(7-16)12(14)13(10)15/h3-4,11H,2,5-6,8H2,1H3. The van der Waals surface area contributed by atoms with Gasteiger partial charge in [-0.25, -0.2) is 17.2 Å². The van der Waals surface area contributed by atoms with Crippen LogP contribution in [0.3, 0.4) is 0 Å². The number of thioether (sulfide) groups is 1. The van der Waals surface area contributed by atoms with Gasteiger partial charge in [0.15, 0.2) is 21.5 Å². The van der Waals surface area contributed by atoms with E-state index in [1.165, 1.54) is 35.7 Å². The van der Waals surface area contributed by atoms with Crippen molar-refractivity contribution in [1.29, 1.82) is 5.26 Å². The van der Waals surface area contributed by atoms with E-state index in [4.69, 9.17) is 5.26 Å². The van der Waals surface area contributed by atoms with Crippen LogP contribution in [0.15, 0.2) is 12.1 Å². The molecule has 1 unspecified atom stereocenters. The van der Waals surface area contributed by atoms with Gasteiger partial charge in [-0.05, 0) is 12.1 Å². The van der Waals surface area contributed by atoms with Crippen LogP contribution in [0.5, 0.6) is 0 Å². The Hall–Kier alpha value is -1.33. The largest absolute Gasteiger partial charge is 0.351 e. The Kier molecular flexibility index (Phi) is 4.74. The zero-order chi connectivity index (χ0) is 15.6. The molecule has 0 bridgehead atoms. The highest BCUT2D eigenvalue weighted by Crippen LogP contribution is 2.31. The minimum absolute atomic E-state index is 0.0604. The van der Waals surface area contributed by atoms with E-state index in [-0.39, 0.29) is 11.4 Å². The average molecular weight is 332 g/mol. The third-order valence-corrected chi connectivity index (χ3v) is 6.68. The van der Waals surface area contributed by atoms with Crippen LogP contribution in [-0.2, 0) is 9.84 Å². The summed E-state index contributed by atoms with van der Waals surface area (Å²) in [5.41, 5.74) is -0.494. The maximum absolute atomic E-state index is 14.1. The Balaban J connectivity index is 2.49. The van der Waals surface area contributed by atoms with Crippen molar-refractivity contribution in [2.75, 3.05) is 28.7 Å². The van der Waals surface area contributed by atoms with Gasteiger partial charge in [0, 0.05) is 23.8 Å². The van der Waals surface area contributed by atoms with Crippen molar-refractivity contribution >= 4 is 27.3 Å².